The van der Waals surface area contributed by atoms with Gasteiger partial charge in [-0.3, -0.25) is 4.98 Å². The van der Waals surface area contributed by atoms with Crippen LogP contribution in [-0.4, -0.2) is 17.6 Å². The number of halogens is 1. The summed E-state index contributed by atoms with van der Waals surface area (Å²) in [5, 5.41) is 16.0. The maximum Gasteiger partial charge on any atom is 0.142 e. The number of hydrogen-bond acceptors (Lipinski definition) is 5. The number of nitrogens with zero attached hydrogens (tertiary/aromatic N) is 1. The number of carboxylic acid groups (broad SMARTS) is 1. The van der Waals surface area contributed by atoms with Gasteiger partial charge in [0.05, 0.1) is 29.5 Å². The Morgan fingerprint density at radius 2 is 2.04 bits per heavy atom. The van der Waals surface area contributed by atoms with Gasteiger partial charge >= 0.3 is 0 Å². The van der Waals surface area contributed by atoms with Gasteiger partial charge in [-0.05, 0) is 43.2 Å². The molecule has 26 heavy (non-hydrogen) atoms. The molecule has 0 amide bonds. The molecule has 1 N–H and O–H groups in total. The van der Waals surface area contributed by atoms with E-state index < -0.39 is 5.97 Å². The van der Waals surface area contributed by atoms with Crippen molar-refractivity contribution in [2.24, 2.45) is 0 Å². The second-order valence-corrected chi connectivity index (χ2v) is 6.28. The van der Waals surface area contributed by atoms with Crippen LogP contribution in [0.3, 0.4) is 0 Å². The molecule has 0 unspecified atom stereocenters. The number of rotatable bonds is 6. The van der Waals surface area contributed by atoms with Gasteiger partial charge in [0.1, 0.15) is 5.75 Å². The first kappa shape index (κ1) is 18.0. The second-order valence-electron chi connectivity index (χ2n) is 5.87. The van der Waals surface area contributed by atoms with Crippen molar-refractivity contribution in [3.63, 3.8) is 0 Å². The molecule has 0 spiro atoms. The molecule has 0 fully saturated rings. The standard InChI is InChI=1S/C20H19ClN2O3/c1-3-10-26-17-7-5-4-6-16(17)23-19-13-8-9-15(21)12(2)18(13)22-11-14(19)20(24)25/h4-9,11H,3,10H2,1-2H3,(H,22,23)(H,24,25)/p-1. The Bertz CT molecular complexity index is 973. The van der Waals surface area contributed by atoms with Crippen molar-refractivity contribution in [2.75, 3.05) is 11.9 Å². The van der Waals surface area contributed by atoms with Crippen molar-refractivity contribution < 1.29 is 14.6 Å². The van der Waals surface area contributed by atoms with E-state index in [9.17, 15) is 9.90 Å². The van der Waals surface area contributed by atoms with Crippen LogP contribution in [-0.2, 0) is 0 Å². The van der Waals surface area contributed by atoms with Crippen molar-refractivity contribution >= 4 is 39.8 Å². The topological polar surface area (TPSA) is 74.3 Å². The van der Waals surface area contributed by atoms with Crippen LogP contribution in [0.2, 0.25) is 5.02 Å². The normalized spacial score (nSPS) is 10.7. The first-order valence-corrected chi connectivity index (χ1v) is 8.68. The summed E-state index contributed by atoms with van der Waals surface area (Å²) >= 11 is 6.18. The zero-order chi connectivity index (χ0) is 18.7. The number of fused-ring (bicyclic) bond motifs is 1. The minimum atomic E-state index is -1.30. The summed E-state index contributed by atoms with van der Waals surface area (Å²) in [5.74, 6) is -0.657. The quantitative estimate of drug-likeness (QED) is 0.708. The van der Waals surface area contributed by atoms with Crippen molar-refractivity contribution in [3.8, 4) is 5.75 Å². The van der Waals surface area contributed by atoms with Gasteiger partial charge in [0.15, 0.2) is 0 Å². The fourth-order valence-electron chi connectivity index (χ4n) is 2.71. The molecule has 0 aliphatic heterocycles. The Balaban J connectivity index is 2.16. The summed E-state index contributed by atoms with van der Waals surface area (Å²) < 4.78 is 5.75. The Morgan fingerprint density at radius 3 is 2.77 bits per heavy atom. The fraction of sp³-hybridized carbons (Fsp3) is 0.200. The number of carbonyl (C=O) groups excluding carboxylic acids is 1. The summed E-state index contributed by atoms with van der Waals surface area (Å²) in [5.41, 5.74) is 2.47. The lowest BCUT2D eigenvalue weighted by molar-refractivity contribution is -0.254. The molecule has 0 aliphatic rings. The van der Waals surface area contributed by atoms with Crippen LogP contribution in [0.5, 0.6) is 5.75 Å². The van der Waals surface area contributed by atoms with E-state index in [1.54, 1.807) is 12.1 Å². The van der Waals surface area contributed by atoms with Crippen LogP contribution < -0.4 is 15.2 Å². The number of anilines is 2. The van der Waals surface area contributed by atoms with Crippen LogP contribution in [0.15, 0.2) is 42.6 Å². The molecule has 0 aliphatic carbocycles. The third-order valence-corrected chi connectivity index (χ3v) is 4.46. The highest BCUT2D eigenvalue weighted by Gasteiger charge is 2.14. The van der Waals surface area contributed by atoms with Crippen molar-refractivity contribution in [2.45, 2.75) is 20.3 Å². The molecule has 0 saturated carbocycles. The number of hydrogen-bond donors (Lipinski definition) is 1. The molecule has 0 atom stereocenters. The smallest absolute Gasteiger partial charge is 0.142 e. The van der Waals surface area contributed by atoms with Crippen LogP contribution in [0.4, 0.5) is 11.4 Å². The largest absolute Gasteiger partial charge is 0.545 e. The number of aromatic carboxylic acids is 1. The molecule has 3 rings (SSSR count). The predicted molar refractivity (Wildman–Crippen MR) is 101 cm³/mol. The maximum absolute atomic E-state index is 11.6. The molecule has 0 bridgehead atoms. The minimum absolute atomic E-state index is 0.0236. The van der Waals surface area contributed by atoms with Gasteiger partial charge < -0.3 is 20.0 Å². The molecule has 0 saturated heterocycles. The zero-order valence-electron chi connectivity index (χ0n) is 14.5. The van der Waals surface area contributed by atoms with E-state index in [2.05, 4.69) is 10.3 Å². The molecule has 1 heterocycles. The highest BCUT2D eigenvalue weighted by molar-refractivity contribution is 6.32. The third-order valence-electron chi connectivity index (χ3n) is 4.05. The van der Waals surface area contributed by atoms with Crippen LogP contribution in [0.1, 0.15) is 29.3 Å². The number of aromatic nitrogens is 1. The average Bonchev–Trinajstić information content (AvgIpc) is 2.64. The van der Waals surface area contributed by atoms with Crippen molar-refractivity contribution in [3.05, 3.63) is 58.7 Å². The maximum atomic E-state index is 11.6. The highest BCUT2D eigenvalue weighted by atomic mass is 35.5. The van der Waals surface area contributed by atoms with Gasteiger partial charge in [0, 0.05) is 22.2 Å². The molecule has 134 valence electrons. The molecule has 6 heteroatoms. The Labute approximate surface area is 156 Å². The minimum Gasteiger partial charge on any atom is -0.545 e. The van der Waals surface area contributed by atoms with Crippen molar-refractivity contribution in [1.29, 1.82) is 0 Å². The Kier molecular flexibility index (Phi) is 5.28. The number of ether oxygens (including phenoxy) is 1. The predicted octanol–water partition coefficient (Wildman–Crippen LogP) is 4.09. The van der Waals surface area contributed by atoms with E-state index in [4.69, 9.17) is 16.3 Å². The Morgan fingerprint density at radius 1 is 1.27 bits per heavy atom. The van der Waals surface area contributed by atoms with E-state index in [0.717, 1.165) is 12.0 Å². The van der Waals surface area contributed by atoms with Crippen LogP contribution in [0, 0.1) is 6.92 Å². The van der Waals surface area contributed by atoms with Crippen molar-refractivity contribution in [1.82, 2.24) is 4.98 Å². The first-order valence-electron chi connectivity index (χ1n) is 8.31. The number of carbonyl (C=O) groups is 1. The summed E-state index contributed by atoms with van der Waals surface area (Å²) in [6.45, 7) is 4.43. The SMILES string of the molecule is CCCOc1ccccc1Nc1c(C(=O)[O-])cnc2c(C)c(Cl)ccc12. The van der Waals surface area contributed by atoms with Gasteiger partial charge in [0.25, 0.3) is 0 Å². The Hall–Kier alpha value is -2.79. The van der Waals surface area contributed by atoms with E-state index in [1.165, 1.54) is 6.20 Å². The summed E-state index contributed by atoms with van der Waals surface area (Å²) in [6.07, 6.45) is 2.16. The lowest BCUT2D eigenvalue weighted by Crippen LogP contribution is -2.23. The van der Waals surface area contributed by atoms with E-state index in [0.29, 0.717) is 39.7 Å². The van der Waals surface area contributed by atoms with Gasteiger partial charge in [-0.1, -0.05) is 30.7 Å². The lowest BCUT2D eigenvalue weighted by Gasteiger charge is -2.18. The number of benzene rings is 2. The number of carboxylic acids is 1. The van der Waals surface area contributed by atoms with E-state index >= 15 is 0 Å². The van der Waals surface area contributed by atoms with Crippen LogP contribution in [0.25, 0.3) is 10.9 Å². The highest BCUT2D eigenvalue weighted by Crippen LogP contribution is 2.35. The summed E-state index contributed by atoms with van der Waals surface area (Å²) in [6, 6.07) is 10.9. The first-order chi connectivity index (χ1) is 12.5. The molecule has 3 aromatic rings. The van der Waals surface area contributed by atoms with Gasteiger partial charge in [-0.15, -0.1) is 0 Å². The fourth-order valence-corrected chi connectivity index (χ4v) is 2.87. The van der Waals surface area contributed by atoms with E-state index in [-0.39, 0.29) is 5.56 Å². The molecule has 0 radical (unpaired) electrons. The molecule has 5 nitrogen and oxygen atoms in total. The van der Waals surface area contributed by atoms with Gasteiger partial charge in [0.2, 0.25) is 0 Å². The number of aryl methyl sites for hydroxylation is 1. The monoisotopic (exact) mass is 369 g/mol. The zero-order valence-corrected chi connectivity index (χ0v) is 15.3. The number of nitrogens with one attached hydrogen (secondary N) is 1. The number of pyridine rings is 1. The molecular weight excluding hydrogens is 352 g/mol. The van der Waals surface area contributed by atoms with Gasteiger partial charge in [-0.25, -0.2) is 0 Å². The third kappa shape index (κ3) is 3.44. The molecule has 2 aromatic carbocycles. The lowest BCUT2D eigenvalue weighted by atomic mass is 10.1. The summed E-state index contributed by atoms with van der Waals surface area (Å²) in [7, 11) is 0. The summed E-state index contributed by atoms with van der Waals surface area (Å²) in [4.78, 5) is 15.9. The van der Waals surface area contributed by atoms with E-state index in [1.807, 2.05) is 38.1 Å². The number of para-hydroxylation sites is 2. The average molecular weight is 370 g/mol. The van der Waals surface area contributed by atoms with Gasteiger partial charge in [-0.2, -0.15) is 0 Å². The second kappa shape index (κ2) is 7.62. The van der Waals surface area contributed by atoms with Crippen LogP contribution >= 0.6 is 11.6 Å². The molecule has 1 aromatic heterocycles. The molecular formula is C20H18ClN2O3-.